The molecule has 1 N–H and O–H groups in total. The van der Waals surface area contributed by atoms with Gasteiger partial charge in [-0.05, 0) is 42.8 Å². The smallest absolute Gasteiger partial charge is 0.225 e. The summed E-state index contributed by atoms with van der Waals surface area (Å²) in [6.07, 6.45) is 2.43. The van der Waals surface area contributed by atoms with Crippen LogP contribution in [0.5, 0.6) is 17.2 Å². The lowest BCUT2D eigenvalue weighted by Crippen LogP contribution is -2.13. The first-order valence-corrected chi connectivity index (χ1v) is 10.0. The Balaban J connectivity index is 1.89. The van der Waals surface area contributed by atoms with Gasteiger partial charge in [0.1, 0.15) is 17.2 Å². The van der Waals surface area contributed by atoms with Crippen LogP contribution in [0.25, 0.3) is 0 Å². The lowest BCUT2D eigenvalue weighted by Gasteiger charge is -2.14. The standard InChI is InChI=1S/C21H27NO4S/c1-4-5-13-26-20-11-8-17(25-3)15-19(20)22-21(23)12-14-27-18-9-6-16(24-2)7-10-18/h6-11,15H,4-5,12-14H2,1-3H3,(H,22,23). The van der Waals surface area contributed by atoms with Crippen LogP contribution in [0.2, 0.25) is 0 Å². The van der Waals surface area contributed by atoms with Crippen LogP contribution in [0, 0.1) is 0 Å². The fourth-order valence-corrected chi connectivity index (χ4v) is 3.18. The van der Waals surface area contributed by atoms with Gasteiger partial charge in [0.05, 0.1) is 26.5 Å². The number of rotatable bonds is 11. The van der Waals surface area contributed by atoms with Crippen LogP contribution in [0.15, 0.2) is 47.4 Å². The van der Waals surface area contributed by atoms with Crippen molar-refractivity contribution < 1.29 is 19.0 Å². The minimum atomic E-state index is -0.0513. The van der Waals surface area contributed by atoms with Crippen LogP contribution >= 0.6 is 11.8 Å². The molecule has 1 amide bonds. The van der Waals surface area contributed by atoms with Gasteiger partial charge >= 0.3 is 0 Å². The molecule has 27 heavy (non-hydrogen) atoms. The lowest BCUT2D eigenvalue weighted by atomic mass is 10.2. The highest BCUT2D eigenvalue weighted by Crippen LogP contribution is 2.30. The SMILES string of the molecule is CCCCOc1ccc(OC)cc1NC(=O)CCSc1ccc(OC)cc1. The zero-order chi connectivity index (χ0) is 19.5. The first-order chi connectivity index (χ1) is 13.2. The number of unbranched alkanes of at least 4 members (excludes halogenated alkanes) is 1. The summed E-state index contributed by atoms with van der Waals surface area (Å²) in [5.41, 5.74) is 0.643. The normalized spacial score (nSPS) is 10.3. The summed E-state index contributed by atoms with van der Waals surface area (Å²) in [7, 11) is 3.25. The van der Waals surface area contributed by atoms with Gasteiger partial charge in [0.15, 0.2) is 0 Å². The number of anilines is 1. The van der Waals surface area contributed by atoms with Crippen LogP contribution in [0.4, 0.5) is 5.69 Å². The van der Waals surface area contributed by atoms with Crippen molar-refractivity contribution in [2.75, 3.05) is 31.9 Å². The molecule has 2 rings (SSSR count). The van der Waals surface area contributed by atoms with Gasteiger partial charge in [-0.25, -0.2) is 0 Å². The summed E-state index contributed by atoms with van der Waals surface area (Å²) in [6, 6.07) is 13.3. The number of hydrogen-bond donors (Lipinski definition) is 1. The maximum absolute atomic E-state index is 12.3. The molecule has 0 aliphatic rings. The molecule has 6 heteroatoms. The van der Waals surface area contributed by atoms with E-state index >= 15 is 0 Å². The zero-order valence-electron chi connectivity index (χ0n) is 16.1. The summed E-state index contributed by atoms with van der Waals surface area (Å²) < 4.78 is 16.2. The third kappa shape index (κ3) is 7.06. The Kier molecular flexibility index (Phi) is 8.84. The molecule has 0 atom stereocenters. The fourth-order valence-electron chi connectivity index (χ4n) is 2.33. The minimum Gasteiger partial charge on any atom is -0.497 e. The topological polar surface area (TPSA) is 56.8 Å². The Labute approximate surface area is 165 Å². The summed E-state index contributed by atoms with van der Waals surface area (Å²) >= 11 is 1.63. The second kappa shape index (κ2) is 11.4. The molecule has 0 spiro atoms. The maximum Gasteiger partial charge on any atom is 0.225 e. The second-order valence-electron chi connectivity index (χ2n) is 5.89. The Morgan fingerprint density at radius 2 is 1.74 bits per heavy atom. The van der Waals surface area contributed by atoms with Gasteiger partial charge in [0.25, 0.3) is 0 Å². The third-order valence-corrected chi connectivity index (χ3v) is 4.89. The minimum absolute atomic E-state index is 0.0513. The van der Waals surface area contributed by atoms with Crippen LogP contribution in [0.1, 0.15) is 26.2 Å². The van der Waals surface area contributed by atoms with Crippen molar-refractivity contribution in [3.05, 3.63) is 42.5 Å². The van der Waals surface area contributed by atoms with Gasteiger partial charge < -0.3 is 19.5 Å². The van der Waals surface area contributed by atoms with Crippen LogP contribution < -0.4 is 19.5 Å². The predicted molar refractivity (Wildman–Crippen MR) is 110 cm³/mol. The van der Waals surface area contributed by atoms with E-state index in [9.17, 15) is 4.79 Å². The summed E-state index contributed by atoms with van der Waals surface area (Å²) in [4.78, 5) is 13.4. The number of hydrogen-bond acceptors (Lipinski definition) is 5. The fraction of sp³-hybridized carbons (Fsp3) is 0.381. The van der Waals surface area contributed by atoms with E-state index in [1.165, 1.54) is 0 Å². The van der Waals surface area contributed by atoms with E-state index in [0.717, 1.165) is 23.5 Å². The molecule has 0 unspecified atom stereocenters. The lowest BCUT2D eigenvalue weighted by molar-refractivity contribution is -0.115. The highest BCUT2D eigenvalue weighted by molar-refractivity contribution is 7.99. The molecule has 0 aliphatic carbocycles. The number of carbonyl (C=O) groups excluding carboxylic acids is 1. The predicted octanol–water partition coefficient (Wildman–Crippen LogP) is 5.00. The molecule has 0 radical (unpaired) electrons. The first-order valence-electron chi connectivity index (χ1n) is 9.03. The van der Waals surface area contributed by atoms with Crippen LogP contribution in [-0.2, 0) is 4.79 Å². The van der Waals surface area contributed by atoms with E-state index in [1.54, 1.807) is 32.0 Å². The largest absolute Gasteiger partial charge is 0.497 e. The van der Waals surface area contributed by atoms with E-state index < -0.39 is 0 Å². The van der Waals surface area contributed by atoms with Gasteiger partial charge in [0, 0.05) is 23.1 Å². The Hall–Kier alpha value is -2.34. The number of benzene rings is 2. The molecule has 0 fully saturated rings. The molecule has 0 heterocycles. The summed E-state index contributed by atoms with van der Waals surface area (Å²) in [5.74, 6) is 2.81. The van der Waals surface area contributed by atoms with Crippen molar-refractivity contribution >= 4 is 23.4 Å². The van der Waals surface area contributed by atoms with Gasteiger partial charge in [0.2, 0.25) is 5.91 Å². The monoisotopic (exact) mass is 389 g/mol. The molecule has 146 valence electrons. The molecule has 0 aromatic heterocycles. The van der Waals surface area contributed by atoms with E-state index in [0.29, 0.717) is 36.0 Å². The third-order valence-electron chi connectivity index (χ3n) is 3.87. The van der Waals surface area contributed by atoms with Crippen molar-refractivity contribution in [3.63, 3.8) is 0 Å². The summed E-state index contributed by atoms with van der Waals surface area (Å²) in [5, 5.41) is 2.94. The highest BCUT2D eigenvalue weighted by Gasteiger charge is 2.10. The van der Waals surface area contributed by atoms with Gasteiger partial charge in [-0.1, -0.05) is 13.3 Å². The zero-order valence-corrected chi connectivity index (χ0v) is 16.9. The molecule has 0 bridgehead atoms. The highest BCUT2D eigenvalue weighted by atomic mass is 32.2. The quantitative estimate of drug-likeness (QED) is 0.433. The van der Waals surface area contributed by atoms with Gasteiger partial charge in [-0.3, -0.25) is 4.79 Å². The van der Waals surface area contributed by atoms with Crippen LogP contribution in [0.3, 0.4) is 0 Å². The number of carbonyl (C=O) groups is 1. The number of methoxy groups -OCH3 is 2. The van der Waals surface area contributed by atoms with Gasteiger partial charge in [-0.2, -0.15) is 0 Å². The van der Waals surface area contributed by atoms with Crippen molar-refractivity contribution in [3.8, 4) is 17.2 Å². The first kappa shape index (κ1) is 21.0. The van der Waals surface area contributed by atoms with E-state index in [2.05, 4.69) is 12.2 Å². The average Bonchev–Trinajstić information content (AvgIpc) is 2.69. The Morgan fingerprint density at radius 1 is 1.04 bits per heavy atom. The molecule has 2 aromatic carbocycles. The van der Waals surface area contributed by atoms with Crippen molar-refractivity contribution in [1.82, 2.24) is 0 Å². The van der Waals surface area contributed by atoms with Crippen LogP contribution in [-0.4, -0.2) is 32.5 Å². The molecule has 2 aromatic rings. The number of thioether (sulfide) groups is 1. The van der Waals surface area contributed by atoms with E-state index in [-0.39, 0.29) is 5.91 Å². The van der Waals surface area contributed by atoms with E-state index in [4.69, 9.17) is 14.2 Å². The summed E-state index contributed by atoms with van der Waals surface area (Å²) in [6.45, 7) is 2.74. The molecule has 5 nitrogen and oxygen atoms in total. The number of amides is 1. The molecule has 0 saturated carbocycles. The molecular weight excluding hydrogens is 362 g/mol. The number of nitrogens with one attached hydrogen (secondary N) is 1. The van der Waals surface area contributed by atoms with E-state index in [1.807, 2.05) is 36.4 Å². The van der Waals surface area contributed by atoms with Crippen molar-refractivity contribution in [2.45, 2.75) is 31.1 Å². The molecular formula is C21H27NO4S. The van der Waals surface area contributed by atoms with Crippen molar-refractivity contribution in [1.29, 1.82) is 0 Å². The van der Waals surface area contributed by atoms with Crippen molar-refractivity contribution in [2.24, 2.45) is 0 Å². The Bertz CT molecular complexity index is 719. The van der Waals surface area contributed by atoms with Gasteiger partial charge in [-0.15, -0.1) is 11.8 Å². The Morgan fingerprint density at radius 3 is 2.41 bits per heavy atom. The second-order valence-corrected chi connectivity index (χ2v) is 7.05. The average molecular weight is 390 g/mol. The molecule has 0 saturated heterocycles. The maximum atomic E-state index is 12.3. The molecule has 0 aliphatic heterocycles. The number of ether oxygens (including phenoxy) is 3.